The summed E-state index contributed by atoms with van der Waals surface area (Å²) in [6.45, 7) is 0.506. The molecule has 3 rings (SSSR count). The molecule has 10 heteroatoms. The monoisotopic (exact) mass is 440 g/mol. The van der Waals surface area contributed by atoms with Gasteiger partial charge in [-0.25, -0.2) is 4.98 Å². The number of amides is 3. The smallest absolute Gasteiger partial charge is 0.244 e. The van der Waals surface area contributed by atoms with Gasteiger partial charge in [-0.05, 0) is 18.6 Å². The van der Waals surface area contributed by atoms with Crippen LogP contribution in [0, 0.1) is 0 Å². The quantitative estimate of drug-likeness (QED) is 0.747. The van der Waals surface area contributed by atoms with Crippen molar-refractivity contribution in [3.63, 3.8) is 0 Å². The fourth-order valence-corrected chi connectivity index (χ4v) is 4.10. The Bertz CT molecular complexity index is 898. The second-order valence-corrected chi connectivity index (χ2v) is 7.99. The number of rotatable bonds is 6. The van der Waals surface area contributed by atoms with Crippen LogP contribution in [0.2, 0.25) is 10.0 Å². The Balaban J connectivity index is 1.55. The normalized spacial score (nSPS) is 13.7. The highest BCUT2D eigenvalue weighted by Crippen LogP contribution is 2.29. The van der Waals surface area contributed by atoms with Crippen LogP contribution < -0.4 is 10.2 Å². The molecule has 0 unspecified atom stereocenters. The predicted octanol–water partition coefficient (Wildman–Crippen LogP) is 3.22. The highest BCUT2D eigenvalue weighted by atomic mass is 35.5. The zero-order valence-corrected chi connectivity index (χ0v) is 17.4. The maximum atomic E-state index is 12.4. The lowest BCUT2D eigenvalue weighted by molar-refractivity contribution is -0.132. The van der Waals surface area contributed by atoms with Crippen molar-refractivity contribution >= 4 is 63.1 Å². The number of hydrogen-bond donors (Lipinski definition) is 1. The Morgan fingerprint density at radius 2 is 2.04 bits per heavy atom. The summed E-state index contributed by atoms with van der Waals surface area (Å²) < 4.78 is 0. The van der Waals surface area contributed by atoms with E-state index in [4.69, 9.17) is 23.2 Å². The van der Waals surface area contributed by atoms with Crippen molar-refractivity contribution in [2.24, 2.45) is 0 Å². The number of para-hydroxylation sites is 1. The van der Waals surface area contributed by atoms with Crippen molar-refractivity contribution in [2.75, 3.05) is 30.4 Å². The summed E-state index contributed by atoms with van der Waals surface area (Å²) in [5.41, 5.74) is 0.891. The molecule has 148 valence electrons. The zero-order chi connectivity index (χ0) is 20.3. The lowest BCUT2D eigenvalue weighted by Crippen LogP contribution is -2.36. The number of likely N-dealkylation sites (N-methyl/N-ethyl adjacent to an activating group) is 1. The van der Waals surface area contributed by atoms with E-state index in [2.05, 4.69) is 10.3 Å². The Morgan fingerprint density at radius 1 is 1.32 bits per heavy atom. The lowest BCUT2D eigenvalue weighted by atomic mass is 10.3. The van der Waals surface area contributed by atoms with Crippen LogP contribution in [0.25, 0.3) is 0 Å². The maximum Gasteiger partial charge on any atom is 0.244 e. The molecule has 1 saturated heterocycles. The summed E-state index contributed by atoms with van der Waals surface area (Å²) in [4.78, 5) is 43.7. The first kappa shape index (κ1) is 20.6. The van der Waals surface area contributed by atoms with E-state index in [1.54, 1.807) is 28.5 Å². The molecule has 7 nitrogen and oxygen atoms in total. The molecule has 2 aromatic rings. The predicted molar refractivity (Wildman–Crippen MR) is 110 cm³/mol. The number of hydrogen-bond acceptors (Lipinski definition) is 5. The minimum Gasteiger partial charge on any atom is -0.336 e. The van der Waals surface area contributed by atoms with Crippen molar-refractivity contribution in [2.45, 2.75) is 19.3 Å². The molecular weight excluding hydrogens is 423 g/mol. The van der Waals surface area contributed by atoms with E-state index in [1.807, 2.05) is 0 Å². The van der Waals surface area contributed by atoms with Crippen LogP contribution in [-0.2, 0) is 20.8 Å². The fourth-order valence-electron chi connectivity index (χ4n) is 2.74. The summed E-state index contributed by atoms with van der Waals surface area (Å²) in [6, 6.07) is 4.90. The first-order valence-corrected chi connectivity index (χ1v) is 10.2. The number of aromatic nitrogens is 1. The Kier molecular flexibility index (Phi) is 6.53. The van der Waals surface area contributed by atoms with E-state index in [-0.39, 0.29) is 24.8 Å². The number of carbonyl (C=O) groups is 3. The van der Waals surface area contributed by atoms with Crippen LogP contribution in [0.1, 0.15) is 18.5 Å². The molecule has 1 N–H and O–H groups in total. The first-order valence-electron chi connectivity index (χ1n) is 8.57. The third kappa shape index (κ3) is 4.81. The molecule has 0 bridgehead atoms. The van der Waals surface area contributed by atoms with E-state index in [0.717, 1.165) is 6.42 Å². The van der Waals surface area contributed by atoms with Crippen LogP contribution in [0.5, 0.6) is 0 Å². The highest BCUT2D eigenvalue weighted by molar-refractivity contribution is 7.14. The summed E-state index contributed by atoms with van der Waals surface area (Å²) in [6.07, 6.45) is 1.40. The fraction of sp³-hybridized carbons (Fsp3) is 0.333. The van der Waals surface area contributed by atoms with Crippen molar-refractivity contribution in [3.05, 3.63) is 39.3 Å². The highest BCUT2D eigenvalue weighted by Gasteiger charge is 2.25. The van der Waals surface area contributed by atoms with Gasteiger partial charge >= 0.3 is 0 Å². The van der Waals surface area contributed by atoms with Crippen LogP contribution in [-0.4, -0.2) is 47.7 Å². The van der Waals surface area contributed by atoms with Crippen molar-refractivity contribution in [3.8, 4) is 0 Å². The molecule has 2 heterocycles. The van der Waals surface area contributed by atoms with E-state index in [0.29, 0.717) is 39.5 Å². The minimum absolute atomic E-state index is 0.0508. The van der Waals surface area contributed by atoms with Crippen molar-refractivity contribution < 1.29 is 14.4 Å². The average molecular weight is 441 g/mol. The molecule has 1 aromatic heterocycles. The number of carbonyl (C=O) groups excluding carboxylic acids is 3. The van der Waals surface area contributed by atoms with E-state index in [9.17, 15) is 14.4 Å². The SMILES string of the molecule is CN(CC(=O)Nc1c(Cl)cccc1Cl)C(=O)Cc1csc(N2CCCC2=O)n1. The van der Waals surface area contributed by atoms with Gasteiger partial charge in [-0.3, -0.25) is 19.3 Å². The molecule has 0 saturated carbocycles. The van der Waals surface area contributed by atoms with Gasteiger partial charge < -0.3 is 10.2 Å². The van der Waals surface area contributed by atoms with Crippen molar-refractivity contribution in [1.29, 1.82) is 0 Å². The number of nitrogens with zero attached hydrogens (tertiary/aromatic N) is 3. The van der Waals surface area contributed by atoms with E-state index < -0.39 is 5.91 Å². The summed E-state index contributed by atoms with van der Waals surface area (Å²) in [7, 11) is 1.54. The largest absolute Gasteiger partial charge is 0.336 e. The van der Waals surface area contributed by atoms with Gasteiger partial charge in [0.15, 0.2) is 5.13 Å². The second kappa shape index (κ2) is 8.89. The summed E-state index contributed by atoms with van der Waals surface area (Å²) >= 11 is 13.4. The average Bonchev–Trinajstić information content (AvgIpc) is 3.26. The molecule has 1 aromatic carbocycles. The van der Waals surface area contributed by atoms with Crippen LogP contribution in [0.3, 0.4) is 0 Å². The van der Waals surface area contributed by atoms with E-state index in [1.165, 1.54) is 23.3 Å². The number of thiazole rings is 1. The van der Waals surface area contributed by atoms with Gasteiger partial charge in [0.2, 0.25) is 17.7 Å². The molecule has 0 aliphatic carbocycles. The molecule has 1 fully saturated rings. The van der Waals surface area contributed by atoms with Crippen molar-refractivity contribution in [1.82, 2.24) is 9.88 Å². The molecule has 0 spiro atoms. The van der Waals surface area contributed by atoms with Crippen LogP contribution in [0.4, 0.5) is 10.8 Å². The number of anilines is 2. The Hall–Kier alpha value is -2.16. The van der Waals surface area contributed by atoms with Gasteiger partial charge in [0.1, 0.15) is 0 Å². The van der Waals surface area contributed by atoms with Gasteiger partial charge in [0, 0.05) is 25.4 Å². The van der Waals surface area contributed by atoms with Crippen LogP contribution in [0.15, 0.2) is 23.6 Å². The summed E-state index contributed by atoms with van der Waals surface area (Å²) in [5, 5.41) is 5.63. The van der Waals surface area contributed by atoms with Gasteiger partial charge in [-0.2, -0.15) is 0 Å². The topological polar surface area (TPSA) is 82.6 Å². The zero-order valence-electron chi connectivity index (χ0n) is 15.1. The molecule has 0 atom stereocenters. The first-order chi connectivity index (χ1) is 13.3. The standard InChI is InChI=1S/C18H18Cl2N4O3S/c1-23(9-14(25)22-17-12(19)4-2-5-13(17)20)16(27)8-11-10-28-18(21-11)24-7-3-6-15(24)26/h2,4-5,10H,3,6-9H2,1H3,(H,22,25). The lowest BCUT2D eigenvalue weighted by Gasteiger charge is -2.17. The third-order valence-electron chi connectivity index (χ3n) is 4.21. The Morgan fingerprint density at radius 3 is 2.68 bits per heavy atom. The van der Waals surface area contributed by atoms with E-state index >= 15 is 0 Å². The van der Waals surface area contributed by atoms with Gasteiger partial charge in [0.05, 0.1) is 34.4 Å². The summed E-state index contributed by atoms with van der Waals surface area (Å²) in [5.74, 6) is -0.614. The van der Waals surface area contributed by atoms with Gasteiger partial charge in [0.25, 0.3) is 0 Å². The number of halogens is 2. The van der Waals surface area contributed by atoms with Gasteiger partial charge in [-0.1, -0.05) is 29.3 Å². The van der Waals surface area contributed by atoms with Gasteiger partial charge in [-0.15, -0.1) is 11.3 Å². The molecule has 3 amide bonds. The number of nitrogens with one attached hydrogen (secondary N) is 1. The maximum absolute atomic E-state index is 12.4. The molecule has 0 radical (unpaired) electrons. The molecule has 1 aliphatic rings. The Labute approximate surface area is 176 Å². The second-order valence-electron chi connectivity index (χ2n) is 6.34. The molecular formula is C18H18Cl2N4O3S. The minimum atomic E-state index is -0.410. The third-order valence-corrected chi connectivity index (χ3v) is 5.75. The molecule has 28 heavy (non-hydrogen) atoms. The van der Waals surface area contributed by atoms with Crippen LogP contribution >= 0.6 is 34.5 Å². The molecule has 1 aliphatic heterocycles. The number of benzene rings is 1.